The van der Waals surface area contributed by atoms with Gasteiger partial charge in [0.25, 0.3) is 0 Å². The van der Waals surface area contributed by atoms with Gasteiger partial charge in [-0.05, 0) is 42.0 Å². The van der Waals surface area contributed by atoms with Crippen LogP contribution in [0.2, 0.25) is 0 Å². The lowest BCUT2D eigenvalue weighted by Crippen LogP contribution is -2.29. The minimum atomic E-state index is -0.203. The van der Waals surface area contributed by atoms with Crippen LogP contribution in [0, 0.1) is 28.6 Å². The molecule has 3 aromatic rings. The van der Waals surface area contributed by atoms with Gasteiger partial charge < -0.3 is 5.32 Å². The van der Waals surface area contributed by atoms with Crippen molar-refractivity contribution in [2.75, 3.05) is 17.6 Å². The molecule has 4 rings (SSSR count). The van der Waals surface area contributed by atoms with Crippen LogP contribution >= 0.6 is 23.1 Å². The van der Waals surface area contributed by atoms with Crippen molar-refractivity contribution in [1.29, 1.82) is 10.5 Å². The summed E-state index contributed by atoms with van der Waals surface area (Å²) in [6.07, 6.45) is 1.61. The normalized spacial score (nSPS) is 13.2. The van der Waals surface area contributed by atoms with Crippen molar-refractivity contribution in [1.82, 2.24) is 9.88 Å². The number of hydrogen-bond acceptors (Lipinski definition) is 7. The zero-order valence-electron chi connectivity index (χ0n) is 19.9. The molecule has 0 aliphatic carbocycles. The molecule has 1 aromatic carbocycles. The van der Waals surface area contributed by atoms with Gasteiger partial charge in [-0.15, -0.1) is 11.3 Å². The van der Waals surface area contributed by atoms with E-state index in [-0.39, 0.29) is 11.7 Å². The van der Waals surface area contributed by atoms with Crippen LogP contribution in [0.5, 0.6) is 0 Å². The Kier molecular flexibility index (Phi) is 8.20. The van der Waals surface area contributed by atoms with E-state index in [4.69, 9.17) is 0 Å². The molecule has 0 fully saturated rings. The number of benzene rings is 1. The number of carbonyl (C=O) groups excluding carboxylic acids is 1. The Bertz CT molecular complexity index is 1290. The first-order valence-electron chi connectivity index (χ1n) is 11.6. The van der Waals surface area contributed by atoms with Crippen molar-refractivity contribution in [3.8, 4) is 12.1 Å². The Balaban J connectivity index is 1.42. The number of pyridine rings is 1. The third-order valence-corrected chi connectivity index (χ3v) is 7.87. The second kappa shape index (κ2) is 11.5. The summed E-state index contributed by atoms with van der Waals surface area (Å²) < 4.78 is 0. The van der Waals surface area contributed by atoms with Crippen LogP contribution in [0.3, 0.4) is 0 Å². The summed E-state index contributed by atoms with van der Waals surface area (Å²) in [6, 6.07) is 18.5. The number of thiophene rings is 1. The van der Waals surface area contributed by atoms with Gasteiger partial charge in [0.05, 0.1) is 16.9 Å². The van der Waals surface area contributed by atoms with Crippen molar-refractivity contribution >= 4 is 34.0 Å². The Morgan fingerprint density at radius 1 is 1.20 bits per heavy atom. The van der Waals surface area contributed by atoms with Gasteiger partial charge in [0.15, 0.2) is 0 Å². The van der Waals surface area contributed by atoms with Gasteiger partial charge in [-0.1, -0.05) is 55.9 Å². The summed E-state index contributed by atoms with van der Waals surface area (Å²) in [4.78, 5) is 20.9. The lowest BCUT2D eigenvalue weighted by Gasteiger charge is -2.26. The van der Waals surface area contributed by atoms with Crippen LogP contribution in [-0.4, -0.2) is 28.1 Å². The fourth-order valence-electron chi connectivity index (χ4n) is 4.14. The maximum absolute atomic E-state index is 12.8. The molecule has 0 unspecified atom stereocenters. The van der Waals surface area contributed by atoms with E-state index >= 15 is 0 Å². The minimum absolute atomic E-state index is 0.125. The van der Waals surface area contributed by atoms with Crippen LogP contribution in [0.15, 0.2) is 47.5 Å². The highest BCUT2D eigenvalue weighted by atomic mass is 32.2. The van der Waals surface area contributed by atoms with Crippen LogP contribution in [-0.2, 0) is 30.7 Å². The summed E-state index contributed by atoms with van der Waals surface area (Å²) in [5.41, 5.74) is 4.29. The molecule has 3 heterocycles. The maximum atomic E-state index is 12.8. The Morgan fingerprint density at radius 3 is 2.71 bits per heavy atom. The number of carbonyl (C=O) groups is 1. The molecule has 8 heteroatoms. The first kappa shape index (κ1) is 24.9. The molecule has 6 nitrogen and oxygen atoms in total. The average molecular weight is 502 g/mol. The topological polar surface area (TPSA) is 92.8 Å². The molecule has 0 spiro atoms. The first-order chi connectivity index (χ1) is 17.0. The molecule has 35 heavy (non-hydrogen) atoms. The van der Waals surface area contributed by atoms with Crippen molar-refractivity contribution in [3.05, 3.63) is 75.3 Å². The van der Waals surface area contributed by atoms with Crippen molar-refractivity contribution in [2.24, 2.45) is 5.92 Å². The number of fused-ring (bicyclic) bond motifs is 1. The highest BCUT2D eigenvalue weighted by Gasteiger charge is 2.25. The van der Waals surface area contributed by atoms with Gasteiger partial charge in [0, 0.05) is 30.2 Å². The molecule has 1 N–H and O–H groups in total. The summed E-state index contributed by atoms with van der Waals surface area (Å²) in [7, 11) is 0. The fourth-order valence-corrected chi connectivity index (χ4v) is 6.19. The van der Waals surface area contributed by atoms with E-state index < -0.39 is 0 Å². The molecule has 1 amide bonds. The van der Waals surface area contributed by atoms with E-state index in [1.54, 1.807) is 6.07 Å². The van der Waals surface area contributed by atoms with E-state index in [9.17, 15) is 15.3 Å². The third kappa shape index (κ3) is 6.29. The zero-order valence-corrected chi connectivity index (χ0v) is 21.5. The highest BCUT2D eigenvalue weighted by Crippen LogP contribution is 2.37. The fraction of sp³-hybridized carbons (Fsp3) is 0.333. The van der Waals surface area contributed by atoms with Crippen LogP contribution in [0.25, 0.3) is 0 Å². The summed E-state index contributed by atoms with van der Waals surface area (Å²) in [5.74, 6) is 0.376. The lowest BCUT2D eigenvalue weighted by atomic mass is 10.0. The van der Waals surface area contributed by atoms with Crippen LogP contribution in [0.1, 0.15) is 46.7 Å². The number of aromatic nitrogens is 1. The standard InChI is InChI=1S/C27H27N5OS2/c1-18(2)12-21-9-8-20(13-28)26(30-21)34-17-25(33)31-27-23(14-29)22-10-11-32(16-24(22)35-27)15-19-6-4-3-5-7-19/h3-9,18H,10-12,15-17H2,1-2H3,(H,31,33). The summed E-state index contributed by atoms with van der Waals surface area (Å²) in [6.45, 7) is 6.75. The van der Waals surface area contributed by atoms with E-state index in [2.05, 4.69) is 53.3 Å². The molecule has 1 aliphatic heterocycles. The average Bonchev–Trinajstić information content (AvgIpc) is 3.19. The molecular weight excluding hydrogens is 474 g/mol. The third-order valence-electron chi connectivity index (χ3n) is 5.75. The number of nitriles is 2. The lowest BCUT2D eigenvalue weighted by molar-refractivity contribution is -0.113. The molecule has 0 saturated carbocycles. The summed E-state index contributed by atoms with van der Waals surface area (Å²) >= 11 is 2.75. The maximum Gasteiger partial charge on any atom is 0.235 e. The molecule has 0 atom stereocenters. The van der Waals surface area contributed by atoms with Gasteiger partial charge >= 0.3 is 0 Å². The van der Waals surface area contributed by atoms with Gasteiger partial charge in [0.2, 0.25) is 5.91 Å². The number of thioether (sulfide) groups is 1. The highest BCUT2D eigenvalue weighted by molar-refractivity contribution is 8.00. The number of amides is 1. The predicted octanol–water partition coefficient (Wildman–Crippen LogP) is 5.37. The largest absolute Gasteiger partial charge is 0.316 e. The molecule has 178 valence electrons. The number of nitrogens with one attached hydrogen (secondary N) is 1. The smallest absolute Gasteiger partial charge is 0.235 e. The number of hydrogen-bond donors (Lipinski definition) is 1. The van der Waals surface area contributed by atoms with Crippen molar-refractivity contribution < 1.29 is 4.79 Å². The van der Waals surface area contributed by atoms with Crippen LogP contribution in [0.4, 0.5) is 5.00 Å². The molecule has 0 saturated heterocycles. The van der Waals surface area contributed by atoms with Crippen molar-refractivity contribution in [2.45, 2.75) is 44.8 Å². The van der Waals surface area contributed by atoms with Gasteiger partial charge in [-0.3, -0.25) is 9.69 Å². The van der Waals surface area contributed by atoms with Gasteiger partial charge in [-0.2, -0.15) is 10.5 Å². The number of nitrogens with zero attached hydrogens (tertiary/aromatic N) is 4. The first-order valence-corrected chi connectivity index (χ1v) is 13.4. The number of anilines is 1. The Labute approximate surface area is 214 Å². The second-order valence-corrected chi connectivity index (χ2v) is 11.0. The number of rotatable bonds is 8. The van der Waals surface area contributed by atoms with Crippen molar-refractivity contribution in [3.63, 3.8) is 0 Å². The van der Waals surface area contributed by atoms with Gasteiger partial charge in [-0.25, -0.2) is 4.98 Å². The summed E-state index contributed by atoms with van der Waals surface area (Å²) in [5, 5.41) is 23.4. The SMILES string of the molecule is CC(C)Cc1ccc(C#N)c(SCC(=O)Nc2sc3c(c2C#N)CCN(Cc2ccccc2)C3)n1. The van der Waals surface area contributed by atoms with E-state index in [1.165, 1.54) is 28.7 Å². The zero-order chi connectivity index (χ0) is 24.8. The molecule has 0 bridgehead atoms. The Morgan fingerprint density at radius 2 is 2.00 bits per heavy atom. The molecule has 2 aromatic heterocycles. The molecular formula is C27H27N5OS2. The minimum Gasteiger partial charge on any atom is -0.316 e. The van der Waals surface area contributed by atoms with Gasteiger partial charge in [0.1, 0.15) is 22.2 Å². The van der Waals surface area contributed by atoms with E-state index in [1.807, 2.05) is 24.3 Å². The molecule has 0 radical (unpaired) electrons. The van der Waals surface area contributed by atoms with Crippen LogP contribution < -0.4 is 5.32 Å². The Hall–Kier alpha value is -3.17. The van der Waals surface area contributed by atoms with E-state index in [0.29, 0.717) is 27.1 Å². The second-order valence-electron chi connectivity index (χ2n) is 8.97. The predicted molar refractivity (Wildman–Crippen MR) is 140 cm³/mol. The molecule has 1 aliphatic rings. The monoisotopic (exact) mass is 501 g/mol. The van der Waals surface area contributed by atoms with E-state index in [0.717, 1.165) is 48.6 Å². The quantitative estimate of drug-likeness (QED) is 0.417.